The number of anilines is 1. The van der Waals surface area contributed by atoms with Gasteiger partial charge in [-0.3, -0.25) is 4.79 Å². The minimum absolute atomic E-state index is 0.133. The Hall–Kier alpha value is -1.71. The fourth-order valence-corrected chi connectivity index (χ4v) is 1.36. The van der Waals surface area contributed by atoms with Crippen molar-refractivity contribution in [1.29, 1.82) is 0 Å². The summed E-state index contributed by atoms with van der Waals surface area (Å²) < 4.78 is 5.61. The molecule has 1 aromatic rings. The van der Waals surface area contributed by atoms with Gasteiger partial charge in [-0.05, 0) is 25.0 Å². The van der Waals surface area contributed by atoms with Gasteiger partial charge in [-0.2, -0.15) is 0 Å². The van der Waals surface area contributed by atoms with Crippen LogP contribution in [0.5, 0.6) is 5.75 Å². The third-order valence-electron chi connectivity index (χ3n) is 2.16. The first-order valence-electron chi connectivity index (χ1n) is 5.85. The molecule has 3 N–H and O–H groups in total. The number of benzene rings is 1. The number of hydrogen-bond donors (Lipinski definition) is 2. The lowest BCUT2D eigenvalue weighted by Crippen LogP contribution is -2.23. The molecular weight excluding hydrogens is 216 g/mol. The zero-order valence-electron chi connectivity index (χ0n) is 10.6. The highest BCUT2D eigenvalue weighted by Gasteiger charge is 2.12. The summed E-state index contributed by atoms with van der Waals surface area (Å²) in [7, 11) is 0. The summed E-state index contributed by atoms with van der Waals surface area (Å²) in [5.74, 6) is 0.814. The van der Waals surface area contributed by atoms with Gasteiger partial charge in [0.25, 0.3) is 5.91 Å². The molecule has 17 heavy (non-hydrogen) atoms. The molecule has 0 heterocycles. The molecule has 0 fully saturated rings. The highest BCUT2D eigenvalue weighted by Crippen LogP contribution is 2.22. The average molecular weight is 236 g/mol. The molecule has 4 heteroatoms. The van der Waals surface area contributed by atoms with Gasteiger partial charge >= 0.3 is 0 Å². The first kappa shape index (κ1) is 13.4. The molecule has 1 amide bonds. The zero-order valence-corrected chi connectivity index (χ0v) is 10.6. The largest absolute Gasteiger partial charge is 0.492 e. The Morgan fingerprint density at radius 3 is 2.76 bits per heavy atom. The van der Waals surface area contributed by atoms with Crippen molar-refractivity contribution < 1.29 is 9.53 Å². The smallest absolute Gasteiger partial charge is 0.255 e. The Bertz CT molecular complexity index is 389. The lowest BCUT2D eigenvalue weighted by Gasteiger charge is -2.13. The Morgan fingerprint density at radius 1 is 1.47 bits per heavy atom. The van der Waals surface area contributed by atoms with Crippen LogP contribution in [0.1, 0.15) is 31.1 Å². The highest BCUT2D eigenvalue weighted by molar-refractivity contribution is 5.97. The van der Waals surface area contributed by atoms with E-state index in [9.17, 15) is 4.79 Å². The monoisotopic (exact) mass is 236 g/mol. The van der Waals surface area contributed by atoms with Crippen molar-refractivity contribution in [2.24, 2.45) is 5.92 Å². The highest BCUT2D eigenvalue weighted by atomic mass is 16.5. The Balaban J connectivity index is 2.91. The molecular formula is C13H20N2O2. The van der Waals surface area contributed by atoms with E-state index in [-0.39, 0.29) is 5.91 Å². The number of nitrogens with two attached hydrogens (primary N) is 1. The average Bonchev–Trinajstić information content (AvgIpc) is 2.26. The Kier molecular flexibility index (Phi) is 4.82. The van der Waals surface area contributed by atoms with Crippen LogP contribution in [-0.4, -0.2) is 19.1 Å². The number of nitrogens with one attached hydrogen (secondary N) is 1. The number of carbonyl (C=O) groups excluding carboxylic acids is 1. The van der Waals surface area contributed by atoms with E-state index in [0.29, 0.717) is 36.1 Å². The summed E-state index contributed by atoms with van der Waals surface area (Å²) >= 11 is 0. The van der Waals surface area contributed by atoms with Gasteiger partial charge in [0, 0.05) is 18.3 Å². The van der Waals surface area contributed by atoms with Crippen LogP contribution in [0.4, 0.5) is 5.69 Å². The lowest BCUT2D eigenvalue weighted by molar-refractivity contribution is 0.0951. The minimum Gasteiger partial charge on any atom is -0.492 e. The van der Waals surface area contributed by atoms with Gasteiger partial charge in [0.1, 0.15) is 5.75 Å². The lowest BCUT2D eigenvalue weighted by atomic mass is 10.1. The van der Waals surface area contributed by atoms with E-state index in [2.05, 4.69) is 19.2 Å². The van der Waals surface area contributed by atoms with E-state index in [1.807, 2.05) is 6.92 Å². The van der Waals surface area contributed by atoms with Gasteiger partial charge in [0.15, 0.2) is 0 Å². The van der Waals surface area contributed by atoms with Crippen molar-refractivity contribution in [2.45, 2.75) is 20.8 Å². The SMILES string of the molecule is CCNC(=O)c1ccc(N)cc1OCC(C)C. The van der Waals surface area contributed by atoms with E-state index in [1.165, 1.54) is 0 Å². The van der Waals surface area contributed by atoms with Gasteiger partial charge in [0.05, 0.1) is 12.2 Å². The molecule has 1 aromatic carbocycles. The van der Waals surface area contributed by atoms with Crippen molar-refractivity contribution in [3.05, 3.63) is 23.8 Å². The number of carbonyl (C=O) groups is 1. The maximum atomic E-state index is 11.8. The summed E-state index contributed by atoms with van der Waals surface area (Å²) in [5, 5.41) is 2.75. The third kappa shape index (κ3) is 3.98. The quantitative estimate of drug-likeness (QED) is 0.769. The van der Waals surface area contributed by atoms with E-state index in [0.717, 1.165) is 0 Å². The molecule has 0 radical (unpaired) electrons. The van der Waals surface area contributed by atoms with Crippen LogP contribution >= 0.6 is 0 Å². The molecule has 4 nitrogen and oxygen atoms in total. The van der Waals surface area contributed by atoms with Crippen molar-refractivity contribution in [2.75, 3.05) is 18.9 Å². The van der Waals surface area contributed by atoms with Crippen molar-refractivity contribution in [1.82, 2.24) is 5.32 Å². The summed E-state index contributed by atoms with van der Waals surface area (Å²) in [6, 6.07) is 5.08. The predicted octanol–water partition coefficient (Wildman–Crippen LogP) is 2.05. The minimum atomic E-state index is -0.133. The topological polar surface area (TPSA) is 64.4 Å². The maximum Gasteiger partial charge on any atom is 0.255 e. The summed E-state index contributed by atoms with van der Waals surface area (Å²) in [6.45, 7) is 7.14. The summed E-state index contributed by atoms with van der Waals surface area (Å²) in [4.78, 5) is 11.8. The standard InChI is InChI=1S/C13H20N2O2/c1-4-15-13(16)11-6-5-10(14)7-12(11)17-8-9(2)3/h5-7,9H,4,8,14H2,1-3H3,(H,15,16). The Morgan fingerprint density at radius 2 is 2.18 bits per heavy atom. The molecule has 0 unspecified atom stereocenters. The molecule has 0 atom stereocenters. The second-order valence-electron chi connectivity index (χ2n) is 4.32. The predicted molar refractivity (Wildman–Crippen MR) is 69.2 cm³/mol. The van der Waals surface area contributed by atoms with Gasteiger partial charge < -0.3 is 15.8 Å². The normalized spacial score (nSPS) is 10.4. The fourth-order valence-electron chi connectivity index (χ4n) is 1.36. The molecule has 94 valence electrons. The second kappa shape index (κ2) is 6.13. The van der Waals surface area contributed by atoms with E-state index < -0.39 is 0 Å². The molecule has 0 saturated carbocycles. The molecule has 0 aromatic heterocycles. The van der Waals surface area contributed by atoms with Gasteiger partial charge in [-0.15, -0.1) is 0 Å². The molecule has 0 spiro atoms. The molecule has 1 rings (SSSR count). The number of nitrogen functional groups attached to an aromatic ring is 1. The van der Waals surface area contributed by atoms with Crippen LogP contribution < -0.4 is 15.8 Å². The molecule has 0 saturated heterocycles. The van der Waals surface area contributed by atoms with E-state index >= 15 is 0 Å². The number of hydrogen-bond acceptors (Lipinski definition) is 3. The summed E-state index contributed by atoms with van der Waals surface area (Å²) in [6.07, 6.45) is 0. The van der Waals surface area contributed by atoms with Crippen molar-refractivity contribution in [3.63, 3.8) is 0 Å². The fraction of sp³-hybridized carbons (Fsp3) is 0.462. The van der Waals surface area contributed by atoms with Gasteiger partial charge in [-0.1, -0.05) is 13.8 Å². The van der Waals surface area contributed by atoms with Crippen LogP contribution in [0.15, 0.2) is 18.2 Å². The number of rotatable bonds is 5. The van der Waals surface area contributed by atoms with E-state index in [1.54, 1.807) is 18.2 Å². The third-order valence-corrected chi connectivity index (χ3v) is 2.16. The van der Waals surface area contributed by atoms with E-state index in [4.69, 9.17) is 10.5 Å². The summed E-state index contributed by atoms with van der Waals surface area (Å²) in [5.41, 5.74) is 6.82. The number of amides is 1. The molecule has 0 aliphatic heterocycles. The van der Waals surface area contributed by atoms with Crippen LogP contribution in [0.25, 0.3) is 0 Å². The second-order valence-corrected chi connectivity index (χ2v) is 4.32. The first-order chi connectivity index (χ1) is 8.04. The van der Waals surface area contributed by atoms with Crippen LogP contribution in [0.3, 0.4) is 0 Å². The van der Waals surface area contributed by atoms with Crippen LogP contribution in [0, 0.1) is 5.92 Å². The first-order valence-corrected chi connectivity index (χ1v) is 5.85. The maximum absolute atomic E-state index is 11.8. The molecule has 0 aliphatic carbocycles. The molecule has 0 bridgehead atoms. The van der Waals surface area contributed by atoms with Crippen LogP contribution in [0.2, 0.25) is 0 Å². The van der Waals surface area contributed by atoms with Crippen molar-refractivity contribution in [3.8, 4) is 5.75 Å². The Labute approximate surface area is 102 Å². The van der Waals surface area contributed by atoms with Gasteiger partial charge in [0.2, 0.25) is 0 Å². The zero-order chi connectivity index (χ0) is 12.8. The van der Waals surface area contributed by atoms with Crippen LogP contribution in [-0.2, 0) is 0 Å². The van der Waals surface area contributed by atoms with Crippen molar-refractivity contribution >= 4 is 11.6 Å². The van der Waals surface area contributed by atoms with Gasteiger partial charge in [-0.25, -0.2) is 0 Å². The number of ether oxygens (including phenoxy) is 1. The molecule has 0 aliphatic rings.